The van der Waals surface area contributed by atoms with Gasteiger partial charge in [0.2, 0.25) is 0 Å². The molecule has 5 aromatic heterocycles. The van der Waals surface area contributed by atoms with E-state index in [1.165, 1.54) is 93.8 Å². The van der Waals surface area contributed by atoms with E-state index >= 15 is 0 Å². The zero-order chi connectivity index (χ0) is 41.6. The minimum atomic E-state index is 0.835. The summed E-state index contributed by atoms with van der Waals surface area (Å²) in [5, 5.41) is 5.01. The molecule has 4 nitrogen and oxygen atoms in total. The molecule has 0 unspecified atom stereocenters. The summed E-state index contributed by atoms with van der Waals surface area (Å²) in [7, 11) is 0. The molecule has 0 aliphatic heterocycles. The molecule has 0 atom stereocenters. The second kappa shape index (κ2) is 13.9. The van der Waals surface area contributed by atoms with Crippen LogP contribution in [0.1, 0.15) is 22.3 Å². The van der Waals surface area contributed by atoms with Crippen molar-refractivity contribution in [1.82, 2.24) is 18.9 Å². The number of hydrogen-bond acceptors (Lipinski definition) is 2. The summed E-state index contributed by atoms with van der Waals surface area (Å²) in [6, 6.07) is 65.6. The van der Waals surface area contributed by atoms with Gasteiger partial charge in [-0.15, -0.1) is 0 Å². The second-order valence-electron chi connectivity index (χ2n) is 16.8. The van der Waals surface area contributed by atoms with E-state index in [2.05, 4.69) is 219 Å². The number of fused-ring (bicyclic) bond motifs is 8. The van der Waals surface area contributed by atoms with Crippen molar-refractivity contribution in [3.8, 4) is 61.8 Å². The van der Waals surface area contributed by atoms with Gasteiger partial charge in [-0.3, -0.25) is 0 Å². The van der Waals surface area contributed by atoms with Crippen molar-refractivity contribution >= 4 is 49.1 Å². The van der Waals surface area contributed by atoms with E-state index < -0.39 is 0 Å². The highest BCUT2D eigenvalue weighted by Gasteiger charge is 2.25. The third kappa shape index (κ3) is 5.46. The first kappa shape index (κ1) is 36.1. The molecule has 7 aromatic carbocycles. The summed E-state index contributed by atoms with van der Waals surface area (Å²) in [5.41, 5.74) is 22.8. The van der Waals surface area contributed by atoms with E-state index in [-0.39, 0.29) is 0 Å². The van der Waals surface area contributed by atoms with Gasteiger partial charge in [0.1, 0.15) is 0 Å². The average Bonchev–Trinajstić information content (AvgIpc) is 3.94. The van der Waals surface area contributed by atoms with Gasteiger partial charge in [0.05, 0.1) is 56.0 Å². The summed E-state index contributed by atoms with van der Waals surface area (Å²) in [5.74, 6) is 0. The summed E-state index contributed by atoms with van der Waals surface area (Å²) in [6.45, 7) is 8.89. The van der Waals surface area contributed by atoms with E-state index in [4.69, 9.17) is 9.97 Å². The first-order valence-corrected chi connectivity index (χ1v) is 21.4. The maximum absolute atomic E-state index is 5.42. The van der Waals surface area contributed by atoms with Crippen LogP contribution in [0.2, 0.25) is 0 Å². The fourth-order valence-electron chi connectivity index (χ4n) is 10.3. The first-order chi connectivity index (χ1) is 30.4. The second-order valence-corrected chi connectivity index (χ2v) is 16.8. The predicted octanol–water partition coefficient (Wildman–Crippen LogP) is 15.1. The van der Waals surface area contributed by atoms with Crippen LogP contribution in [0.15, 0.2) is 182 Å². The zero-order valence-electron chi connectivity index (χ0n) is 35.1. The van der Waals surface area contributed by atoms with Crippen LogP contribution in [0, 0.1) is 27.7 Å². The highest BCUT2D eigenvalue weighted by atomic mass is 15.0. The van der Waals surface area contributed by atoms with Gasteiger partial charge >= 0.3 is 0 Å². The summed E-state index contributed by atoms with van der Waals surface area (Å²) in [6.07, 6.45) is 0. The van der Waals surface area contributed by atoms with Crippen molar-refractivity contribution < 1.29 is 0 Å². The van der Waals surface area contributed by atoms with Gasteiger partial charge in [0, 0.05) is 32.7 Å². The van der Waals surface area contributed by atoms with Crippen molar-refractivity contribution in [2.45, 2.75) is 27.7 Å². The molecule has 0 amide bonds. The van der Waals surface area contributed by atoms with E-state index in [1.807, 2.05) is 0 Å². The Balaban J connectivity index is 1.06. The van der Waals surface area contributed by atoms with E-state index in [9.17, 15) is 0 Å². The third-order valence-corrected chi connectivity index (χ3v) is 12.9. The minimum absolute atomic E-state index is 0.835. The molecule has 12 rings (SSSR count). The van der Waals surface area contributed by atoms with Gasteiger partial charge in [0.25, 0.3) is 0 Å². The van der Waals surface area contributed by atoms with Crippen LogP contribution in [0.25, 0.3) is 111 Å². The lowest BCUT2D eigenvalue weighted by atomic mass is 9.90. The standard InChI is InChI=1S/C58H42N4/c1-35-16-13-17-36(2)55(35)61-53-29-28-41(32-47(53)58-57(61)46-24-14-23-45-44-22-11-12-27-52(44)62(58)56(45)46)48-25-15-26-49(59-48)51-34-43(33-50(60-51)40-20-9-6-10-21-40)54-37(3)30-42(31-38(54)4)39-18-7-5-8-19-39/h5-34H,1-4H3. The Bertz CT molecular complexity index is 3680. The molecular formula is C58H42N4. The third-order valence-electron chi connectivity index (χ3n) is 12.9. The van der Waals surface area contributed by atoms with Crippen molar-refractivity contribution in [3.63, 3.8) is 0 Å². The van der Waals surface area contributed by atoms with Crippen LogP contribution in [-0.4, -0.2) is 18.9 Å². The lowest BCUT2D eigenvalue weighted by Crippen LogP contribution is -2.00. The highest BCUT2D eigenvalue weighted by molar-refractivity contribution is 6.28. The minimum Gasteiger partial charge on any atom is -0.307 e. The maximum Gasteiger partial charge on any atom is 0.0900 e. The van der Waals surface area contributed by atoms with Crippen LogP contribution >= 0.6 is 0 Å². The van der Waals surface area contributed by atoms with E-state index in [0.717, 1.165) is 39.5 Å². The van der Waals surface area contributed by atoms with Crippen LogP contribution < -0.4 is 0 Å². The number of aromatic nitrogens is 4. The zero-order valence-corrected chi connectivity index (χ0v) is 35.1. The van der Waals surface area contributed by atoms with Crippen LogP contribution in [0.5, 0.6) is 0 Å². The fourth-order valence-corrected chi connectivity index (χ4v) is 10.3. The molecule has 0 saturated heterocycles. The highest BCUT2D eigenvalue weighted by Crippen LogP contribution is 2.46. The van der Waals surface area contributed by atoms with Crippen molar-refractivity contribution in [2.24, 2.45) is 0 Å². The topological polar surface area (TPSA) is 35.1 Å². The van der Waals surface area contributed by atoms with Crippen LogP contribution in [-0.2, 0) is 0 Å². The van der Waals surface area contributed by atoms with Gasteiger partial charge in [-0.25, -0.2) is 9.97 Å². The number of pyridine rings is 2. The number of rotatable bonds is 6. The normalized spacial score (nSPS) is 11.9. The Kier molecular flexibility index (Phi) is 8.07. The number of nitrogens with zero attached hydrogens (tertiary/aromatic N) is 4. The van der Waals surface area contributed by atoms with Crippen molar-refractivity contribution in [3.05, 3.63) is 204 Å². The average molecular weight is 795 g/mol. The molecule has 0 bridgehead atoms. The molecule has 0 N–H and O–H groups in total. The molecular weight excluding hydrogens is 753 g/mol. The fraction of sp³-hybridized carbons (Fsp3) is 0.0690. The molecule has 0 aliphatic carbocycles. The maximum atomic E-state index is 5.42. The summed E-state index contributed by atoms with van der Waals surface area (Å²) >= 11 is 0. The molecule has 4 heteroatoms. The smallest absolute Gasteiger partial charge is 0.0900 e. The monoisotopic (exact) mass is 794 g/mol. The lowest BCUT2D eigenvalue weighted by molar-refractivity contribution is 1.12. The Labute approximate surface area is 360 Å². The van der Waals surface area contributed by atoms with Gasteiger partial charge in [-0.1, -0.05) is 140 Å². The van der Waals surface area contributed by atoms with E-state index in [0.29, 0.717) is 0 Å². The largest absolute Gasteiger partial charge is 0.307 e. The Morgan fingerprint density at radius 1 is 0.323 bits per heavy atom. The molecule has 12 aromatic rings. The Morgan fingerprint density at radius 2 is 0.935 bits per heavy atom. The lowest BCUT2D eigenvalue weighted by Gasteiger charge is -2.16. The molecule has 0 radical (unpaired) electrons. The SMILES string of the molecule is Cc1cc(-c2ccccc2)cc(C)c1-c1cc(-c2ccccc2)nc(-c2cccc(-c3ccc4c(c3)c3c(c5cccc6c7ccccc7n3c65)n4-c3c(C)cccc3C)n2)c1. The van der Waals surface area contributed by atoms with Crippen LogP contribution in [0.3, 0.4) is 0 Å². The summed E-state index contributed by atoms with van der Waals surface area (Å²) < 4.78 is 5.02. The molecule has 5 heterocycles. The molecule has 0 spiro atoms. The van der Waals surface area contributed by atoms with E-state index in [1.54, 1.807) is 0 Å². The quantitative estimate of drug-likeness (QED) is 0.168. The number of para-hydroxylation sites is 3. The Morgan fingerprint density at radius 3 is 1.71 bits per heavy atom. The number of hydrogen-bond donors (Lipinski definition) is 0. The number of aryl methyl sites for hydroxylation is 4. The van der Waals surface area contributed by atoms with Gasteiger partial charge in [-0.2, -0.15) is 0 Å². The summed E-state index contributed by atoms with van der Waals surface area (Å²) in [4.78, 5) is 10.7. The first-order valence-electron chi connectivity index (χ1n) is 21.4. The number of benzene rings is 7. The molecule has 62 heavy (non-hydrogen) atoms. The van der Waals surface area contributed by atoms with Gasteiger partial charge in [-0.05, 0) is 115 Å². The predicted molar refractivity (Wildman–Crippen MR) is 260 cm³/mol. The van der Waals surface area contributed by atoms with Crippen LogP contribution in [0.4, 0.5) is 0 Å². The van der Waals surface area contributed by atoms with Gasteiger partial charge in [0.15, 0.2) is 0 Å². The Hall–Kier alpha value is -7.82. The van der Waals surface area contributed by atoms with Crippen molar-refractivity contribution in [1.29, 1.82) is 0 Å². The molecule has 0 aliphatic rings. The van der Waals surface area contributed by atoms with Crippen molar-refractivity contribution in [2.75, 3.05) is 0 Å². The molecule has 294 valence electrons. The van der Waals surface area contributed by atoms with Gasteiger partial charge < -0.3 is 8.97 Å². The molecule has 0 saturated carbocycles. The molecule has 0 fully saturated rings.